The van der Waals surface area contributed by atoms with E-state index in [1.54, 1.807) is 16.8 Å². The summed E-state index contributed by atoms with van der Waals surface area (Å²) in [7, 11) is 3.73. The minimum Gasteiger partial charge on any atom is -0.397 e. The minimum atomic E-state index is 0.0437. The number of hydrogen-bond donors (Lipinski definition) is 1. The Morgan fingerprint density at radius 2 is 2.32 bits per heavy atom. The summed E-state index contributed by atoms with van der Waals surface area (Å²) in [5.41, 5.74) is 7.01. The van der Waals surface area contributed by atoms with Gasteiger partial charge in [0.05, 0.1) is 5.69 Å². The molecule has 1 aromatic rings. The van der Waals surface area contributed by atoms with Gasteiger partial charge in [-0.05, 0) is 32.0 Å². The van der Waals surface area contributed by atoms with Crippen LogP contribution >= 0.6 is 0 Å². The molecule has 5 nitrogen and oxygen atoms in total. The van der Waals surface area contributed by atoms with Crippen LogP contribution < -0.4 is 5.73 Å². The number of likely N-dealkylation sites (N-methyl/N-ethyl adjacent to an activating group) is 2. The van der Waals surface area contributed by atoms with Gasteiger partial charge in [-0.15, -0.1) is 0 Å². The molecule has 2 heterocycles. The molecule has 2 rings (SSSR count). The molecule has 0 aliphatic carbocycles. The maximum absolute atomic E-state index is 12.4. The maximum atomic E-state index is 12.4. The molecule has 1 amide bonds. The van der Waals surface area contributed by atoms with E-state index < -0.39 is 0 Å². The summed E-state index contributed by atoms with van der Waals surface area (Å²) in [6.07, 6.45) is 4.19. The van der Waals surface area contributed by atoms with Crippen LogP contribution in [-0.2, 0) is 7.05 Å². The Bertz CT molecular complexity index is 454. The molecule has 1 aromatic heterocycles. The summed E-state index contributed by atoms with van der Waals surface area (Å²) in [4.78, 5) is 16.7. The Morgan fingerprint density at radius 3 is 2.89 bits per heavy atom. The summed E-state index contributed by atoms with van der Waals surface area (Å²) in [5.74, 6) is 0.0437. The lowest BCUT2D eigenvalue weighted by Gasteiger charge is -2.27. The van der Waals surface area contributed by atoms with E-state index in [2.05, 4.69) is 11.8 Å². The number of carbonyl (C=O) groups is 1. The van der Waals surface area contributed by atoms with Gasteiger partial charge in [0.2, 0.25) is 0 Å². The van der Waals surface area contributed by atoms with Crippen molar-refractivity contribution in [2.24, 2.45) is 7.05 Å². The predicted octanol–water partition coefficient (Wildman–Crippen LogP) is 1.16. The van der Waals surface area contributed by atoms with Gasteiger partial charge in [0.1, 0.15) is 5.69 Å². The fourth-order valence-corrected chi connectivity index (χ4v) is 2.92. The number of carbonyl (C=O) groups excluding carboxylic acids is 1. The first-order valence-corrected chi connectivity index (χ1v) is 6.94. The number of aromatic nitrogens is 1. The van der Waals surface area contributed by atoms with Gasteiger partial charge in [-0.25, -0.2) is 0 Å². The van der Waals surface area contributed by atoms with E-state index in [1.165, 1.54) is 12.8 Å². The number of aryl methyl sites for hydroxylation is 1. The fraction of sp³-hybridized carbons (Fsp3) is 0.643. The topological polar surface area (TPSA) is 54.5 Å². The first-order valence-electron chi connectivity index (χ1n) is 6.94. The highest BCUT2D eigenvalue weighted by atomic mass is 16.2. The summed E-state index contributed by atoms with van der Waals surface area (Å²) in [6.45, 7) is 5.18. The van der Waals surface area contributed by atoms with Crippen LogP contribution in [0, 0.1) is 0 Å². The van der Waals surface area contributed by atoms with Crippen LogP contribution in [-0.4, -0.2) is 53.0 Å². The Kier molecular flexibility index (Phi) is 4.14. The largest absolute Gasteiger partial charge is 0.397 e. The van der Waals surface area contributed by atoms with Crippen LogP contribution in [0.1, 0.15) is 30.3 Å². The van der Waals surface area contributed by atoms with Gasteiger partial charge in [0, 0.05) is 32.9 Å². The molecule has 5 heteroatoms. The van der Waals surface area contributed by atoms with Gasteiger partial charge in [0.25, 0.3) is 5.91 Å². The fourth-order valence-electron chi connectivity index (χ4n) is 2.92. The molecule has 2 N–H and O–H groups in total. The Labute approximate surface area is 115 Å². The van der Waals surface area contributed by atoms with Gasteiger partial charge in [-0.1, -0.05) is 6.92 Å². The van der Waals surface area contributed by atoms with Crippen LogP contribution in [0.4, 0.5) is 5.69 Å². The molecule has 0 bridgehead atoms. The summed E-state index contributed by atoms with van der Waals surface area (Å²) in [5, 5.41) is 0. The van der Waals surface area contributed by atoms with Gasteiger partial charge in [-0.2, -0.15) is 0 Å². The van der Waals surface area contributed by atoms with Crippen molar-refractivity contribution in [3.63, 3.8) is 0 Å². The van der Waals surface area contributed by atoms with E-state index >= 15 is 0 Å². The predicted molar refractivity (Wildman–Crippen MR) is 77.1 cm³/mol. The van der Waals surface area contributed by atoms with Crippen molar-refractivity contribution in [1.29, 1.82) is 0 Å². The average Bonchev–Trinajstić information content (AvgIpc) is 2.94. The van der Waals surface area contributed by atoms with E-state index in [-0.39, 0.29) is 5.91 Å². The highest BCUT2D eigenvalue weighted by Crippen LogP contribution is 2.18. The van der Waals surface area contributed by atoms with Crippen molar-refractivity contribution in [3.05, 3.63) is 18.0 Å². The number of amides is 1. The smallest absolute Gasteiger partial charge is 0.270 e. The molecule has 0 spiro atoms. The molecule has 1 aliphatic rings. The summed E-state index contributed by atoms with van der Waals surface area (Å²) in [6, 6.07) is 2.24. The van der Waals surface area contributed by atoms with Gasteiger partial charge in [-0.3, -0.25) is 9.69 Å². The third-order valence-corrected chi connectivity index (χ3v) is 3.98. The van der Waals surface area contributed by atoms with E-state index in [9.17, 15) is 4.79 Å². The third-order valence-electron chi connectivity index (χ3n) is 3.98. The lowest BCUT2D eigenvalue weighted by Crippen LogP contribution is -2.41. The number of nitrogens with two attached hydrogens (primary N) is 1. The van der Waals surface area contributed by atoms with Crippen molar-refractivity contribution >= 4 is 11.6 Å². The van der Waals surface area contributed by atoms with E-state index in [4.69, 9.17) is 5.73 Å². The Hall–Kier alpha value is -1.49. The van der Waals surface area contributed by atoms with E-state index in [0.29, 0.717) is 17.4 Å². The molecule has 1 atom stereocenters. The lowest BCUT2D eigenvalue weighted by atomic mass is 10.2. The molecule has 0 radical (unpaired) electrons. The lowest BCUT2D eigenvalue weighted by molar-refractivity contribution is 0.0745. The van der Waals surface area contributed by atoms with Crippen molar-refractivity contribution in [3.8, 4) is 0 Å². The molecule has 1 aliphatic heterocycles. The van der Waals surface area contributed by atoms with Crippen molar-refractivity contribution in [1.82, 2.24) is 14.4 Å². The summed E-state index contributed by atoms with van der Waals surface area (Å²) < 4.78 is 1.79. The Balaban J connectivity index is 2.01. The first kappa shape index (κ1) is 13.9. The first-order chi connectivity index (χ1) is 9.02. The SMILES string of the molecule is CCN1CCCC1CN(C)C(=O)c1cc(N)cn1C. The number of likely N-dealkylation sites (tertiary alicyclic amines) is 1. The molecular formula is C14H24N4O. The normalized spacial score (nSPS) is 19.8. The molecule has 1 fully saturated rings. The van der Waals surface area contributed by atoms with Gasteiger partial charge in [0.15, 0.2) is 0 Å². The van der Waals surface area contributed by atoms with Crippen LogP contribution in [0.15, 0.2) is 12.3 Å². The number of rotatable bonds is 4. The van der Waals surface area contributed by atoms with Gasteiger partial charge >= 0.3 is 0 Å². The maximum Gasteiger partial charge on any atom is 0.270 e. The average molecular weight is 264 g/mol. The molecule has 19 heavy (non-hydrogen) atoms. The van der Waals surface area contributed by atoms with Crippen LogP contribution in [0.3, 0.4) is 0 Å². The number of nitrogen functional groups attached to an aromatic ring is 1. The molecule has 0 aromatic carbocycles. The number of nitrogens with zero attached hydrogens (tertiary/aromatic N) is 3. The second-order valence-electron chi connectivity index (χ2n) is 5.38. The second-order valence-corrected chi connectivity index (χ2v) is 5.38. The van der Waals surface area contributed by atoms with Crippen molar-refractivity contribution in [2.75, 3.05) is 32.4 Å². The number of anilines is 1. The monoisotopic (exact) mass is 264 g/mol. The second kappa shape index (κ2) is 5.65. The highest BCUT2D eigenvalue weighted by molar-refractivity contribution is 5.93. The van der Waals surface area contributed by atoms with Crippen molar-refractivity contribution in [2.45, 2.75) is 25.8 Å². The minimum absolute atomic E-state index is 0.0437. The van der Waals surface area contributed by atoms with Crippen LogP contribution in [0.5, 0.6) is 0 Å². The standard InChI is InChI=1S/C14H24N4O/c1-4-18-7-5-6-12(18)10-17(3)14(19)13-8-11(15)9-16(13)2/h8-9,12H,4-7,10,15H2,1-3H3. The van der Waals surface area contributed by atoms with Crippen LogP contribution in [0.2, 0.25) is 0 Å². The van der Waals surface area contributed by atoms with Gasteiger partial charge < -0.3 is 15.2 Å². The quantitative estimate of drug-likeness (QED) is 0.888. The molecular weight excluding hydrogens is 240 g/mol. The molecule has 1 saturated heterocycles. The van der Waals surface area contributed by atoms with E-state index in [1.807, 2.05) is 19.0 Å². The van der Waals surface area contributed by atoms with E-state index in [0.717, 1.165) is 19.6 Å². The van der Waals surface area contributed by atoms with Crippen molar-refractivity contribution < 1.29 is 4.79 Å². The Morgan fingerprint density at radius 1 is 1.58 bits per heavy atom. The zero-order chi connectivity index (χ0) is 14.0. The molecule has 1 unspecified atom stereocenters. The molecule has 106 valence electrons. The number of hydrogen-bond acceptors (Lipinski definition) is 3. The zero-order valence-electron chi connectivity index (χ0n) is 12.1. The third kappa shape index (κ3) is 2.92. The molecule has 0 saturated carbocycles. The summed E-state index contributed by atoms with van der Waals surface area (Å²) >= 11 is 0. The zero-order valence-corrected chi connectivity index (χ0v) is 12.1. The highest BCUT2D eigenvalue weighted by Gasteiger charge is 2.26. The van der Waals surface area contributed by atoms with Crippen LogP contribution in [0.25, 0.3) is 0 Å².